The van der Waals surface area contributed by atoms with Crippen molar-refractivity contribution in [2.75, 3.05) is 6.54 Å². The van der Waals surface area contributed by atoms with Gasteiger partial charge in [-0.1, -0.05) is 39.3 Å². The summed E-state index contributed by atoms with van der Waals surface area (Å²) >= 11 is 3.62. The molecule has 0 bridgehead atoms. The fourth-order valence-electron chi connectivity index (χ4n) is 3.31. The lowest BCUT2D eigenvalue weighted by Gasteiger charge is -2.30. The van der Waals surface area contributed by atoms with Crippen molar-refractivity contribution in [1.29, 1.82) is 0 Å². The molecule has 2 heterocycles. The molecule has 1 aliphatic rings. The minimum absolute atomic E-state index is 0.0408. The van der Waals surface area contributed by atoms with Crippen LogP contribution in [0.2, 0.25) is 0 Å². The zero-order valence-electron chi connectivity index (χ0n) is 14.1. The fourth-order valence-corrected chi connectivity index (χ4v) is 4.12. The summed E-state index contributed by atoms with van der Waals surface area (Å²) in [5.74, 6) is -0.348. The number of aromatic amines is 1. The highest BCUT2D eigenvalue weighted by atomic mass is 79.9. The maximum absolute atomic E-state index is 13.0. The maximum Gasteiger partial charge on any atom is 0.439 e. The van der Waals surface area contributed by atoms with Gasteiger partial charge in [0.25, 0.3) is 5.91 Å². The average Bonchev–Trinajstić information content (AvgIpc) is 3.07. The number of carbonyl (C=O) groups excluding carboxylic acids is 1. The Labute approximate surface area is 157 Å². The van der Waals surface area contributed by atoms with Crippen LogP contribution < -0.4 is 5.76 Å². The van der Waals surface area contributed by atoms with Gasteiger partial charge in [-0.3, -0.25) is 14.3 Å². The van der Waals surface area contributed by atoms with Gasteiger partial charge < -0.3 is 4.90 Å². The molecule has 0 aliphatic carbocycles. The lowest BCUT2D eigenvalue weighted by Crippen LogP contribution is -2.36. The number of halogens is 1. The van der Waals surface area contributed by atoms with Gasteiger partial charge in [-0.05, 0) is 48.2 Å². The van der Waals surface area contributed by atoms with Crippen molar-refractivity contribution < 1.29 is 9.32 Å². The zero-order valence-corrected chi connectivity index (χ0v) is 15.7. The van der Waals surface area contributed by atoms with Gasteiger partial charge in [0.05, 0.1) is 0 Å². The first-order valence-electron chi connectivity index (χ1n) is 8.25. The molecule has 0 saturated heterocycles. The topological polar surface area (TPSA) is 79.2 Å². The Bertz CT molecular complexity index is 1050. The van der Waals surface area contributed by atoms with Crippen LogP contribution in [0.15, 0.2) is 50.2 Å². The number of aromatic nitrogens is 2. The minimum Gasteiger partial charge on any atom is -0.334 e. The molecule has 1 aromatic heterocycles. The smallest absolute Gasteiger partial charge is 0.334 e. The number of carbonyl (C=O) groups is 1. The lowest BCUT2D eigenvalue weighted by atomic mass is 9.97. The Balaban J connectivity index is 1.61. The molecule has 7 heteroatoms. The average molecular weight is 414 g/mol. The minimum atomic E-state index is -0.620. The molecule has 2 aromatic carbocycles. The summed E-state index contributed by atoms with van der Waals surface area (Å²) in [6.45, 7) is 3.30. The van der Waals surface area contributed by atoms with Gasteiger partial charge in [0.2, 0.25) is 0 Å². The van der Waals surface area contributed by atoms with Crippen molar-refractivity contribution in [1.82, 2.24) is 15.0 Å². The standard InChI is InChI=1S/C19H16BrN3O3/c1-11-7-14-10-23(6-5-15(14)16(20)8-11)18(24)13-4-2-3-12(9-13)17-21-19(25)26-22-17/h2-4,7-9H,5-6,10H2,1H3,(H,21,22,25). The molecule has 0 atom stereocenters. The number of rotatable bonds is 2. The normalized spacial score (nSPS) is 13.5. The second kappa shape index (κ2) is 6.57. The second-order valence-electron chi connectivity index (χ2n) is 6.39. The molecule has 3 aromatic rings. The SMILES string of the molecule is Cc1cc(Br)c2c(c1)CN(C(=O)c1cccc(-c3noc(=O)[nH]3)c1)CC2. The molecule has 1 amide bonds. The molecule has 0 unspecified atom stereocenters. The highest BCUT2D eigenvalue weighted by Gasteiger charge is 2.23. The van der Waals surface area contributed by atoms with Gasteiger partial charge in [-0.25, -0.2) is 4.79 Å². The van der Waals surface area contributed by atoms with Crippen molar-refractivity contribution in [2.45, 2.75) is 19.9 Å². The van der Waals surface area contributed by atoms with Gasteiger partial charge in [-0.2, -0.15) is 0 Å². The third-order valence-electron chi connectivity index (χ3n) is 4.54. The summed E-state index contributed by atoms with van der Waals surface area (Å²) in [6.07, 6.45) is 0.818. The quantitative estimate of drug-likeness (QED) is 0.698. The third kappa shape index (κ3) is 3.10. The van der Waals surface area contributed by atoms with E-state index in [1.165, 1.54) is 16.7 Å². The van der Waals surface area contributed by atoms with Crippen molar-refractivity contribution >= 4 is 21.8 Å². The molecule has 0 saturated carbocycles. The summed E-state index contributed by atoms with van der Waals surface area (Å²) in [7, 11) is 0. The van der Waals surface area contributed by atoms with E-state index in [0.717, 1.165) is 10.9 Å². The predicted octanol–water partition coefficient (Wildman–Crippen LogP) is 3.30. The van der Waals surface area contributed by atoms with Crippen molar-refractivity contribution in [3.8, 4) is 11.4 Å². The summed E-state index contributed by atoms with van der Waals surface area (Å²) in [5.41, 5.74) is 4.81. The number of fused-ring (bicyclic) bond motifs is 1. The van der Waals surface area contributed by atoms with Gasteiger partial charge in [0.1, 0.15) is 0 Å². The van der Waals surface area contributed by atoms with E-state index >= 15 is 0 Å². The monoisotopic (exact) mass is 413 g/mol. The van der Waals surface area contributed by atoms with Gasteiger partial charge in [0, 0.05) is 28.7 Å². The van der Waals surface area contributed by atoms with E-state index in [1.54, 1.807) is 24.3 Å². The number of amides is 1. The number of hydrogen-bond acceptors (Lipinski definition) is 4. The van der Waals surface area contributed by atoms with E-state index in [4.69, 9.17) is 0 Å². The van der Waals surface area contributed by atoms with Crippen LogP contribution in [0.1, 0.15) is 27.0 Å². The van der Waals surface area contributed by atoms with Crippen LogP contribution in [-0.4, -0.2) is 27.5 Å². The largest absolute Gasteiger partial charge is 0.439 e. The van der Waals surface area contributed by atoms with Crippen molar-refractivity contribution in [2.24, 2.45) is 0 Å². The van der Waals surface area contributed by atoms with Gasteiger partial charge in [0.15, 0.2) is 5.82 Å². The Morgan fingerprint density at radius 1 is 1.31 bits per heavy atom. The van der Waals surface area contributed by atoms with Crippen LogP contribution in [0, 0.1) is 6.92 Å². The molecule has 0 fully saturated rings. The van der Waals surface area contributed by atoms with Crippen LogP contribution in [0.4, 0.5) is 0 Å². The van der Waals surface area contributed by atoms with E-state index in [-0.39, 0.29) is 5.91 Å². The number of nitrogens with one attached hydrogen (secondary N) is 1. The first-order chi connectivity index (χ1) is 12.5. The van der Waals surface area contributed by atoms with Crippen molar-refractivity contribution in [3.05, 3.63) is 73.7 Å². The highest BCUT2D eigenvalue weighted by molar-refractivity contribution is 9.10. The van der Waals surface area contributed by atoms with E-state index in [9.17, 15) is 9.59 Å². The summed E-state index contributed by atoms with van der Waals surface area (Å²) in [6, 6.07) is 11.3. The fraction of sp³-hybridized carbons (Fsp3) is 0.211. The van der Waals surface area contributed by atoms with E-state index in [2.05, 4.69) is 42.7 Å². The molecule has 0 spiro atoms. The molecular weight excluding hydrogens is 398 g/mol. The van der Waals surface area contributed by atoms with Gasteiger partial charge >= 0.3 is 5.76 Å². The zero-order chi connectivity index (χ0) is 18.3. The Hall–Kier alpha value is -2.67. The van der Waals surface area contributed by atoms with Crippen LogP contribution in [0.5, 0.6) is 0 Å². The molecule has 6 nitrogen and oxygen atoms in total. The molecule has 0 radical (unpaired) electrons. The third-order valence-corrected chi connectivity index (χ3v) is 5.24. The van der Waals surface area contributed by atoms with Gasteiger partial charge in [-0.15, -0.1) is 0 Å². The number of H-pyrrole nitrogens is 1. The summed E-state index contributed by atoms with van der Waals surface area (Å²) in [5, 5.41) is 3.67. The first-order valence-corrected chi connectivity index (χ1v) is 9.04. The van der Waals surface area contributed by atoms with Crippen LogP contribution in [0.25, 0.3) is 11.4 Å². The van der Waals surface area contributed by atoms with E-state index in [1.807, 2.05) is 11.8 Å². The first kappa shape index (κ1) is 16.8. The second-order valence-corrected chi connectivity index (χ2v) is 7.24. The number of aryl methyl sites for hydroxylation is 1. The Kier molecular flexibility index (Phi) is 4.24. The summed E-state index contributed by atoms with van der Waals surface area (Å²) in [4.78, 5) is 28.5. The molecule has 132 valence electrons. The van der Waals surface area contributed by atoms with Crippen LogP contribution in [0.3, 0.4) is 0 Å². The van der Waals surface area contributed by atoms with E-state index in [0.29, 0.717) is 30.0 Å². The molecule has 4 rings (SSSR count). The van der Waals surface area contributed by atoms with Crippen molar-refractivity contribution in [3.63, 3.8) is 0 Å². The Morgan fingerprint density at radius 2 is 2.15 bits per heavy atom. The molecule has 26 heavy (non-hydrogen) atoms. The number of nitrogens with zero attached hydrogens (tertiary/aromatic N) is 2. The maximum atomic E-state index is 13.0. The van der Waals surface area contributed by atoms with Crippen LogP contribution >= 0.6 is 15.9 Å². The number of hydrogen-bond donors (Lipinski definition) is 1. The van der Waals surface area contributed by atoms with E-state index < -0.39 is 5.76 Å². The predicted molar refractivity (Wildman–Crippen MR) is 99.9 cm³/mol. The van der Waals surface area contributed by atoms with Crippen LogP contribution in [-0.2, 0) is 13.0 Å². The number of benzene rings is 2. The highest BCUT2D eigenvalue weighted by Crippen LogP contribution is 2.29. The molecular formula is C19H16BrN3O3. The lowest BCUT2D eigenvalue weighted by molar-refractivity contribution is 0.0734. The Morgan fingerprint density at radius 3 is 2.92 bits per heavy atom. The summed E-state index contributed by atoms with van der Waals surface area (Å²) < 4.78 is 5.64. The molecule has 1 N–H and O–H groups in total. The molecule has 1 aliphatic heterocycles.